The van der Waals surface area contributed by atoms with Gasteiger partial charge < -0.3 is 35.6 Å². The molecular formula is C39H67N5O9. The van der Waals surface area contributed by atoms with E-state index < -0.39 is 70.6 Å². The highest BCUT2D eigenvalue weighted by atomic mass is 16.6. The largest absolute Gasteiger partial charge is 0.464 e. The third-order valence-corrected chi connectivity index (χ3v) is 8.72. The number of ketones is 1. The van der Waals surface area contributed by atoms with E-state index in [1.54, 1.807) is 41.5 Å². The first kappa shape index (κ1) is 45.4. The highest BCUT2D eigenvalue weighted by Crippen LogP contribution is 2.34. The molecule has 5 amide bonds. The summed E-state index contributed by atoms with van der Waals surface area (Å²) in [7, 11) is 0. The van der Waals surface area contributed by atoms with E-state index in [9.17, 15) is 33.6 Å². The molecule has 0 spiro atoms. The van der Waals surface area contributed by atoms with Crippen molar-refractivity contribution in [2.24, 2.45) is 23.2 Å². The minimum Gasteiger partial charge on any atom is -0.464 e. The molecular weight excluding hydrogens is 682 g/mol. The van der Waals surface area contributed by atoms with Gasteiger partial charge in [-0.05, 0) is 69.6 Å². The molecule has 14 nitrogen and oxygen atoms in total. The molecule has 0 aromatic carbocycles. The Morgan fingerprint density at radius 3 is 1.89 bits per heavy atom. The van der Waals surface area contributed by atoms with Crippen LogP contribution in [0.2, 0.25) is 0 Å². The van der Waals surface area contributed by atoms with Gasteiger partial charge in [0.05, 0.1) is 19.1 Å². The standard InChI is InChI=1S/C33H53N5O9.C3H6.C3H8/c1-19-13-15-38(30(44)27(32(2,3)4)37-31(45)35-17-24(40)46-18-21-10-11-21)25(19)28(42)36-22(16-20-8-9-20)26(41)29(43)34-14-12-23(39)47-33(5,6)7;1-2-3-1;1-3-2/h19-22,25,27H,8-18H2,1-7H3,(H,34,43)(H,36,42)(H2,35,37,45);1-3H2;3H2,1-2H3. The van der Waals surface area contributed by atoms with Crippen molar-refractivity contribution in [3.8, 4) is 0 Å². The zero-order valence-electron chi connectivity index (χ0n) is 33.7. The van der Waals surface area contributed by atoms with Gasteiger partial charge in [0, 0.05) is 13.1 Å². The summed E-state index contributed by atoms with van der Waals surface area (Å²) in [6, 6.07) is -3.78. The fourth-order valence-electron chi connectivity index (χ4n) is 5.38. The average molecular weight is 750 g/mol. The monoisotopic (exact) mass is 749 g/mol. The van der Waals surface area contributed by atoms with Crippen LogP contribution >= 0.6 is 0 Å². The Hall–Kier alpha value is -3.71. The number of rotatable bonds is 15. The van der Waals surface area contributed by atoms with E-state index in [2.05, 4.69) is 35.1 Å². The molecule has 3 saturated carbocycles. The second kappa shape index (κ2) is 21.2. The number of Topliss-reactive ketones (excluding diaryl/α,β-unsaturated/α-hetero) is 1. The Kier molecular flexibility index (Phi) is 18.2. The topological polar surface area (TPSA) is 189 Å². The van der Waals surface area contributed by atoms with E-state index in [0.29, 0.717) is 18.9 Å². The lowest BCUT2D eigenvalue weighted by Gasteiger charge is -2.36. The van der Waals surface area contributed by atoms with E-state index in [4.69, 9.17) is 9.47 Å². The first-order valence-corrected chi connectivity index (χ1v) is 19.6. The Morgan fingerprint density at radius 1 is 0.792 bits per heavy atom. The number of likely N-dealkylation sites (tertiary alicyclic amines) is 1. The number of hydrogen-bond acceptors (Lipinski definition) is 9. The van der Waals surface area contributed by atoms with Crippen molar-refractivity contribution in [2.75, 3.05) is 26.2 Å². The van der Waals surface area contributed by atoms with Gasteiger partial charge in [0.15, 0.2) is 0 Å². The number of hydrogen-bond donors (Lipinski definition) is 4. The van der Waals surface area contributed by atoms with Gasteiger partial charge in [-0.3, -0.25) is 28.8 Å². The van der Waals surface area contributed by atoms with Crippen molar-refractivity contribution in [1.29, 1.82) is 0 Å². The number of esters is 2. The molecule has 4 rings (SSSR count). The van der Waals surface area contributed by atoms with Gasteiger partial charge in [0.2, 0.25) is 17.6 Å². The van der Waals surface area contributed by atoms with E-state index in [1.807, 2.05) is 6.92 Å². The summed E-state index contributed by atoms with van der Waals surface area (Å²) in [4.78, 5) is 91.7. The van der Waals surface area contributed by atoms with E-state index in [-0.39, 0.29) is 44.3 Å². The highest BCUT2D eigenvalue weighted by molar-refractivity contribution is 6.38. The minimum atomic E-state index is -1.09. The van der Waals surface area contributed by atoms with Crippen molar-refractivity contribution in [1.82, 2.24) is 26.2 Å². The molecule has 1 aliphatic heterocycles. The van der Waals surface area contributed by atoms with Crippen LogP contribution in [0.15, 0.2) is 0 Å². The van der Waals surface area contributed by atoms with E-state index >= 15 is 0 Å². The van der Waals surface area contributed by atoms with Crippen LogP contribution < -0.4 is 21.3 Å². The van der Waals surface area contributed by atoms with Crippen molar-refractivity contribution in [2.45, 2.75) is 157 Å². The molecule has 3 aliphatic carbocycles. The Labute approximate surface area is 316 Å². The van der Waals surface area contributed by atoms with Crippen LogP contribution in [0.1, 0.15) is 133 Å². The first-order valence-electron chi connectivity index (χ1n) is 19.6. The first-order chi connectivity index (χ1) is 24.8. The van der Waals surface area contributed by atoms with Crippen LogP contribution in [-0.2, 0) is 38.2 Å². The number of ether oxygens (including phenoxy) is 2. The molecule has 4 fully saturated rings. The van der Waals surface area contributed by atoms with Crippen LogP contribution in [0, 0.1) is 23.2 Å². The van der Waals surface area contributed by atoms with Crippen molar-refractivity contribution in [3.63, 3.8) is 0 Å². The second-order valence-corrected chi connectivity index (χ2v) is 17.0. The predicted molar refractivity (Wildman–Crippen MR) is 200 cm³/mol. The molecule has 0 radical (unpaired) electrons. The molecule has 1 saturated heterocycles. The Morgan fingerprint density at radius 2 is 1.38 bits per heavy atom. The fraction of sp³-hybridized carbons (Fsp3) is 0.821. The number of amides is 5. The smallest absolute Gasteiger partial charge is 0.325 e. The van der Waals surface area contributed by atoms with Gasteiger partial charge in [-0.25, -0.2) is 4.79 Å². The molecule has 0 bridgehead atoms. The zero-order chi connectivity index (χ0) is 39.9. The molecule has 0 aromatic rings. The van der Waals surface area contributed by atoms with Gasteiger partial charge >= 0.3 is 18.0 Å². The maximum atomic E-state index is 13.9. The lowest BCUT2D eigenvalue weighted by Crippen LogP contribution is -2.60. The maximum Gasteiger partial charge on any atom is 0.325 e. The molecule has 0 aromatic heterocycles. The summed E-state index contributed by atoms with van der Waals surface area (Å²) in [6.45, 7) is 16.7. The minimum absolute atomic E-state index is 0.0953. The molecule has 4 N–H and O–H groups in total. The van der Waals surface area contributed by atoms with E-state index in [1.165, 1.54) is 30.6 Å². The summed E-state index contributed by atoms with van der Waals surface area (Å²) >= 11 is 0. The molecule has 4 unspecified atom stereocenters. The maximum absolute atomic E-state index is 13.9. The third-order valence-electron chi connectivity index (χ3n) is 8.72. The lowest BCUT2D eigenvalue weighted by molar-refractivity contribution is -0.154. The quantitative estimate of drug-likeness (QED) is 0.141. The number of carbonyl (C=O) groups is 7. The van der Waals surface area contributed by atoms with Crippen LogP contribution in [0.3, 0.4) is 0 Å². The van der Waals surface area contributed by atoms with Gasteiger partial charge in [0.1, 0.15) is 24.2 Å². The lowest BCUT2D eigenvalue weighted by atomic mass is 9.85. The highest BCUT2D eigenvalue weighted by Gasteiger charge is 2.46. The second-order valence-electron chi connectivity index (χ2n) is 17.0. The normalized spacial score (nSPS) is 20.1. The van der Waals surface area contributed by atoms with Gasteiger partial charge in [0.25, 0.3) is 5.91 Å². The van der Waals surface area contributed by atoms with Gasteiger partial charge in [-0.1, -0.05) is 80.1 Å². The zero-order valence-corrected chi connectivity index (χ0v) is 33.7. The fourth-order valence-corrected chi connectivity index (χ4v) is 5.38. The SMILES string of the molecule is C1CC1.CC1CCN(C(=O)C(NC(=O)NCC(=O)OCC2CC2)C(C)(C)C)C1C(=O)NC(CC1CC1)C(=O)C(=O)NCCC(=O)OC(C)(C)C.CCC. The van der Waals surface area contributed by atoms with Crippen LogP contribution in [0.4, 0.5) is 4.79 Å². The van der Waals surface area contributed by atoms with Crippen molar-refractivity contribution < 1.29 is 43.0 Å². The number of nitrogens with zero attached hydrogens (tertiary/aromatic N) is 1. The molecule has 1 heterocycles. The van der Waals surface area contributed by atoms with Crippen molar-refractivity contribution >= 4 is 41.5 Å². The Bertz CT molecular complexity index is 1260. The number of carbonyl (C=O) groups excluding carboxylic acids is 7. The van der Waals surface area contributed by atoms with Crippen LogP contribution in [0.25, 0.3) is 0 Å². The van der Waals surface area contributed by atoms with Crippen molar-refractivity contribution in [3.05, 3.63) is 0 Å². The molecule has 4 atom stereocenters. The Balaban J connectivity index is 0.00000149. The predicted octanol–water partition coefficient (Wildman–Crippen LogP) is 4.18. The van der Waals surface area contributed by atoms with Crippen LogP contribution in [0.5, 0.6) is 0 Å². The number of urea groups is 1. The summed E-state index contributed by atoms with van der Waals surface area (Å²) < 4.78 is 10.4. The summed E-state index contributed by atoms with van der Waals surface area (Å²) in [5.41, 5.74) is -1.43. The molecule has 4 aliphatic rings. The number of nitrogens with one attached hydrogen (secondary N) is 4. The summed E-state index contributed by atoms with van der Waals surface area (Å²) in [6.07, 6.45) is 10.2. The van der Waals surface area contributed by atoms with Gasteiger partial charge in [-0.2, -0.15) is 0 Å². The van der Waals surface area contributed by atoms with Gasteiger partial charge in [-0.15, -0.1) is 0 Å². The molecule has 53 heavy (non-hydrogen) atoms. The molecule has 14 heteroatoms. The molecule has 302 valence electrons. The van der Waals surface area contributed by atoms with Crippen LogP contribution in [-0.4, -0.2) is 96.3 Å². The third kappa shape index (κ3) is 18.3. The average Bonchev–Trinajstić information content (AvgIpc) is 3.89. The summed E-state index contributed by atoms with van der Waals surface area (Å²) in [5.74, 6) is -3.52. The van der Waals surface area contributed by atoms with E-state index in [0.717, 1.165) is 25.7 Å². The summed E-state index contributed by atoms with van der Waals surface area (Å²) in [5, 5.41) is 10.3.